The molecule has 20 heavy (non-hydrogen) atoms. The van der Waals surface area contributed by atoms with E-state index in [2.05, 4.69) is 0 Å². The maximum atomic E-state index is 12.1. The Labute approximate surface area is 120 Å². The molecule has 2 rings (SSSR count). The normalized spacial score (nSPS) is 27.8. The number of nitrogens with zero attached hydrogens (tertiary/aromatic N) is 1. The van der Waals surface area contributed by atoms with E-state index < -0.39 is 11.4 Å². The Morgan fingerprint density at radius 2 is 2.05 bits per heavy atom. The van der Waals surface area contributed by atoms with E-state index in [-0.39, 0.29) is 5.91 Å². The molecule has 2 aliphatic rings. The van der Waals surface area contributed by atoms with Gasteiger partial charge in [0.25, 0.3) is 0 Å². The Morgan fingerprint density at radius 3 is 2.65 bits per heavy atom. The van der Waals surface area contributed by atoms with Crippen molar-refractivity contribution < 1.29 is 19.4 Å². The Balaban J connectivity index is 1.69. The number of carbonyl (C=O) groups is 2. The summed E-state index contributed by atoms with van der Waals surface area (Å²) in [6.07, 6.45) is 5.31. The summed E-state index contributed by atoms with van der Waals surface area (Å²) in [5.74, 6) is 0.0106. The number of aliphatic carboxylic acids is 1. The van der Waals surface area contributed by atoms with Gasteiger partial charge in [-0.3, -0.25) is 9.59 Å². The zero-order valence-electron chi connectivity index (χ0n) is 12.3. The second kappa shape index (κ2) is 6.57. The molecule has 114 valence electrons. The average Bonchev–Trinajstić information content (AvgIpc) is 2.84. The lowest BCUT2D eigenvalue weighted by molar-refractivity contribution is -0.147. The van der Waals surface area contributed by atoms with Gasteiger partial charge in [-0.25, -0.2) is 0 Å². The van der Waals surface area contributed by atoms with E-state index in [0.717, 1.165) is 38.9 Å². The van der Waals surface area contributed by atoms with Crippen LogP contribution in [0.2, 0.25) is 0 Å². The highest BCUT2D eigenvalue weighted by atomic mass is 16.5. The number of carbonyl (C=O) groups excluding carboxylic acids is 1. The average molecular weight is 283 g/mol. The molecular weight excluding hydrogens is 258 g/mol. The highest BCUT2D eigenvalue weighted by Crippen LogP contribution is 2.30. The van der Waals surface area contributed by atoms with Crippen molar-refractivity contribution in [1.29, 1.82) is 0 Å². The molecule has 0 bridgehead atoms. The Morgan fingerprint density at radius 1 is 1.35 bits per heavy atom. The van der Waals surface area contributed by atoms with E-state index in [0.29, 0.717) is 31.8 Å². The molecule has 0 aromatic carbocycles. The van der Waals surface area contributed by atoms with Crippen molar-refractivity contribution >= 4 is 11.9 Å². The summed E-state index contributed by atoms with van der Waals surface area (Å²) in [5.41, 5.74) is -0.754. The first-order chi connectivity index (χ1) is 9.51. The number of hydrogen-bond acceptors (Lipinski definition) is 3. The molecule has 1 amide bonds. The van der Waals surface area contributed by atoms with Gasteiger partial charge in [0.05, 0.1) is 5.41 Å². The van der Waals surface area contributed by atoms with Gasteiger partial charge in [0.1, 0.15) is 0 Å². The van der Waals surface area contributed by atoms with Gasteiger partial charge in [0.2, 0.25) is 5.91 Å². The fourth-order valence-corrected chi connectivity index (χ4v) is 3.08. The second-order valence-electron chi connectivity index (χ2n) is 6.38. The predicted octanol–water partition coefficient (Wildman–Crippen LogP) is 1.91. The van der Waals surface area contributed by atoms with E-state index in [1.807, 2.05) is 0 Å². The van der Waals surface area contributed by atoms with E-state index in [4.69, 9.17) is 9.84 Å². The molecule has 0 aromatic rings. The fourth-order valence-electron chi connectivity index (χ4n) is 3.08. The van der Waals surface area contributed by atoms with Gasteiger partial charge < -0.3 is 14.7 Å². The minimum atomic E-state index is -0.796. The molecule has 2 aliphatic heterocycles. The Hall–Kier alpha value is -1.10. The van der Waals surface area contributed by atoms with Crippen molar-refractivity contribution in [3.8, 4) is 0 Å². The van der Waals surface area contributed by atoms with Gasteiger partial charge in [-0.15, -0.1) is 0 Å². The standard InChI is InChI=1S/C15H25NO4/c1-15(14(18)19)7-8-16(11-15)13(17)4-2-3-12-5-9-20-10-6-12/h12H,2-11H2,1H3,(H,18,19). The molecule has 0 aliphatic carbocycles. The third-order valence-corrected chi connectivity index (χ3v) is 4.69. The summed E-state index contributed by atoms with van der Waals surface area (Å²) in [5, 5.41) is 9.17. The SMILES string of the molecule is CC1(C(=O)O)CCN(C(=O)CCCC2CCOCC2)C1. The number of hydrogen-bond donors (Lipinski definition) is 1. The van der Waals surface area contributed by atoms with Crippen LogP contribution in [0.15, 0.2) is 0 Å². The number of likely N-dealkylation sites (tertiary alicyclic amines) is 1. The topological polar surface area (TPSA) is 66.8 Å². The zero-order valence-corrected chi connectivity index (χ0v) is 12.3. The molecule has 0 radical (unpaired) electrons. The van der Waals surface area contributed by atoms with Crippen LogP contribution in [0.25, 0.3) is 0 Å². The molecule has 5 nitrogen and oxygen atoms in total. The summed E-state index contributed by atoms with van der Waals surface area (Å²) in [6, 6.07) is 0. The smallest absolute Gasteiger partial charge is 0.311 e. The first-order valence-electron chi connectivity index (χ1n) is 7.60. The molecule has 1 atom stereocenters. The van der Waals surface area contributed by atoms with Crippen molar-refractivity contribution in [1.82, 2.24) is 4.90 Å². The van der Waals surface area contributed by atoms with E-state index in [1.165, 1.54) is 0 Å². The third kappa shape index (κ3) is 3.72. The molecule has 1 N–H and O–H groups in total. The number of ether oxygens (including phenoxy) is 1. The monoisotopic (exact) mass is 283 g/mol. The lowest BCUT2D eigenvalue weighted by atomic mass is 9.90. The van der Waals surface area contributed by atoms with Gasteiger partial charge in [-0.1, -0.05) is 0 Å². The highest BCUT2D eigenvalue weighted by Gasteiger charge is 2.41. The number of amides is 1. The predicted molar refractivity (Wildman–Crippen MR) is 74.3 cm³/mol. The van der Waals surface area contributed by atoms with Crippen LogP contribution in [0.5, 0.6) is 0 Å². The van der Waals surface area contributed by atoms with Crippen LogP contribution in [0.1, 0.15) is 45.4 Å². The van der Waals surface area contributed by atoms with Crippen LogP contribution in [0.3, 0.4) is 0 Å². The first kappa shape index (κ1) is 15.3. The summed E-state index contributed by atoms with van der Waals surface area (Å²) in [7, 11) is 0. The molecule has 0 spiro atoms. The van der Waals surface area contributed by atoms with E-state index in [1.54, 1.807) is 11.8 Å². The fraction of sp³-hybridized carbons (Fsp3) is 0.867. The summed E-state index contributed by atoms with van der Waals surface area (Å²) in [6.45, 7) is 4.37. The van der Waals surface area contributed by atoms with Crippen molar-refractivity contribution in [3.05, 3.63) is 0 Å². The Kier molecular flexibility index (Phi) is 5.02. The molecule has 5 heteroatoms. The van der Waals surface area contributed by atoms with Crippen molar-refractivity contribution in [2.75, 3.05) is 26.3 Å². The van der Waals surface area contributed by atoms with Gasteiger partial charge in [0, 0.05) is 32.7 Å². The third-order valence-electron chi connectivity index (χ3n) is 4.69. The van der Waals surface area contributed by atoms with E-state index in [9.17, 15) is 9.59 Å². The maximum absolute atomic E-state index is 12.1. The van der Waals surface area contributed by atoms with Crippen molar-refractivity contribution in [2.45, 2.75) is 45.4 Å². The second-order valence-corrected chi connectivity index (χ2v) is 6.38. The van der Waals surface area contributed by atoms with Crippen LogP contribution >= 0.6 is 0 Å². The molecule has 2 heterocycles. The first-order valence-corrected chi connectivity index (χ1v) is 7.60. The molecule has 0 aromatic heterocycles. The van der Waals surface area contributed by atoms with Gasteiger partial charge in [0.15, 0.2) is 0 Å². The molecule has 2 fully saturated rings. The van der Waals surface area contributed by atoms with Crippen LogP contribution in [-0.2, 0) is 14.3 Å². The zero-order chi connectivity index (χ0) is 14.6. The number of carboxylic acids is 1. The van der Waals surface area contributed by atoms with Gasteiger partial charge in [-0.05, 0) is 44.9 Å². The molecule has 1 unspecified atom stereocenters. The van der Waals surface area contributed by atoms with Crippen molar-refractivity contribution in [3.63, 3.8) is 0 Å². The van der Waals surface area contributed by atoms with Crippen LogP contribution in [0, 0.1) is 11.3 Å². The van der Waals surface area contributed by atoms with Crippen LogP contribution < -0.4 is 0 Å². The lowest BCUT2D eigenvalue weighted by Gasteiger charge is -2.23. The van der Waals surface area contributed by atoms with Gasteiger partial charge in [-0.2, -0.15) is 0 Å². The Bertz CT molecular complexity index is 365. The quantitative estimate of drug-likeness (QED) is 0.837. The lowest BCUT2D eigenvalue weighted by Crippen LogP contribution is -2.34. The molecular formula is C15H25NO4. The summed E-state index contributed by atoms with van der Waals surface area (Å²) < 4.78 is 5.32. The van der Waals surface area contributed by atoms with Crippen LogP contribution in [0.4, 0.5) is 0 Å². The largest absolute Gasteiger partial charge is 0.481 e. The minimum Gasteiger partial charge on any atom is -0.481 e. The van der Waals surface area contributed by atoms with Gasteiger partial charge >= 0.3 is 5.97 Å². The van der Waals surface area contributed by atoms with Crippen molar-refractivity contribution in [2.24, 2.45) is 11.3 Å². The maximum Gasteiger partial charge on any atom is 0.311 e. The summed E-state index contributed by atoms with van der Waals surface area (Å²) >= 11 is 0. The van der Waals surface area contributed by atoms with Crippen LogP contribution in [-0.4, -0.2) is 48.2 Å². The highest BCUT2D eigenvalue weighted by molar-refractivity contribution is 5.80. The number of carboxylic acid groups (broad SMARTS) is 1. The minimum absolute atomic E-state index is 0.113. The summed E-state index contributed by atoms with van der Waals surface area (Å²) in [4.78, 5) is 25.0. The van der Waals surface area contributed by atoms with E-state index >= 15 is 0 Å². The molecule has 0 saturated carbocycles. The molecule has 2 saturated heterocycles. The number of rotatable bonds is 5.